The van der Waals surface area contributed by atoms with Crippen molar-refractivity contribution in [2.75, 3.05) is 6.54 Å². The lowest BCUT2D eigenvalue weighted by molar-refractivity contribution is -0.142. The number of rotatable bonds is 5. The van der Waals surface area contributed by atoms with Gasteiger partial charge in [-0.15, -0.1) is 11.3 Å². The molecular weight excluding hydrogens is 429 g/mol. The van der Waals surface area contributed by atoms with Crippen molar-refractivity contribution in [1.29, 1.82) is 0 Å². The van der Waals surface area contributed by atoms with Crippen LogP contribution in [0.3, 0.4) is 0 Å². The zero-order valence-corrected chi connectivity index (χ0v) is 16.1. The van der Waals surface area contributed by atoms with Gasteiger partial charge >= 0.3 is 6.18 Å². The molecule has 0 radical (unpaired) electrons. The Morgan fingerprint density at radius 2 is 2.21 bits per heavy atom. The summed E-state index contributed by atoms with van der Waals surface area (Å²) in [6, 6.07) is 4.24. The summed E-state index contributed by atoms with van der Waals surface area (Å²) in [6.07, 6.45) is -1.14. The van der Waals surface area contributed by atoms with E-state index >= 15 is 0 Å². The van der Waals surface area contributed by atoms with E-state index in [-0.39, 0.29) is 28.6 Å². The molecule has 150 valence electrons. The Labute approximate surface area is 170 Å². The van der Waals surface area contributed by atoms with Crippen molar-refractivity contribution in [2.45, 2.75) is 12.6 Å². The van der Waals surface area contributed by atoms with Crippen LogP contribution < -0.4 is 5.32 Å². The van der Waals surface area contributed by atoms with Gasteiger partial charge in [-0.1, -0.05) is 17.7 Å². The van der Waals surface area contributed by atoms with Crippen molar-refractivity contribution in [2.24, 2.45) is 0 Å². The normalized spacial score (nSPS) is 11.9. The van der Waals surface area contributed by atoms with Gasteiger partial charge < -0.3 is 10.3 Å². The first-order valence-corrected chi connectivity index (χ1v) is 9.56. The summed E-state index contributed by atoms with van der Waals surface area (Å²) in [5.74, 6) is -0.689. The average Bonchev–Trinajstić information content (AvgIpc) is 3.42. The van der Waals surface area contributed by atoms with Gasteiger partial charge in [0, 0.05) is 24.9 Å². The van der Waals surface area contributed by atoms with E-state index in [1.807, 2.05) is 0 Å². The van der Waals surface area contributed by atoms with E-state index in [4.69, 9.17) is 11.6 Å². The number of hydrogen-bond acceptors (Lipinski definition) is 5. The monoisotopic (exact) mass is 440 g/mol. The maximum absolute atomic E-state index is 13.6. The largest absolute Gasteiger partial charge is 0.433 e. The Balaban J connectivity index is 1.70. The topological polar surface area (TPSA) is 88.0 Å². The SMILES string of the molecule is O=C(NCCc1cnc[nH]1)c1nn2c(C(F)(F)F)cc(-c3cccs3)nc2c1Cl. The fourth-order valence-corrected chi connectivity index (χ4v) is 3.64. The number of aromatic amines is 1. The van der Waals surface area contributed by atoms with Gasteiger partial charge in [-0.2, -0.15) is 18.3 Å². The van der Waals surface area contributed by atoms with Crippen LogP contribution in [0.25, 0.3) is 16.2 Å². The van der Waals surface area contributed by atoms with Crippen molar-refractivity contribution in [3.05, 3.63) is 58.2 Å². The Bertz CT molecular complexity index is 1150. The molecule has 4 heterocycles. The molecule has 4 aromatic heterocycles. The number of halogens is 4. The summed E-state index contributed by atoms with van der Waals surface area (Å²) in [5, 5.41) is 7.86. The van der Waals surface area contributed by atoms with Gasteiger partial charge in [-0.05, 0) is 17.5 Å². The number of fused-ring (bicyclic) bond motifs is 1. The van der Waals surface area contributed by atoms with Crippen LogP contribution in [0.15, 0.2) is 36.1 Å². The number of nitrogens with one attached hydrogen (secondary N) is 2. The second kappa shape index (κ2) is 7.48. The van der Waals surface area contributed by atoms with Gasteiger partial charge in [0.15, 0.2) is 17.0 Å². The second-order valence-corrected chi connectivity index (χ2v) is 7.31. The van der Waals surface area contributed by atoms with E-state index < -0.39 is 17.8 Å². The lowest BCUT2D eigenvalue weighted by Gasteiger charge is -2.10. The number of hydrogen-bond donors (Lipinski definition) is 2. The lowest BCUT2D eigenvalue weighted by atomic mass is 10.2. The third-order valence-corrected chi connectivity index (χ3v) is 5.29. The predicted octanol–water partition coefficient (Wildman–Crippen LogP) is 3.83. The molecule has 0 bridgehead atoms. The van der Waals surface area contributed by atoms with Crippen molar-refractivity contribution < 1.29 is 18.0 Å². The maximum Gasteiger partial charge on any atom is 0.433 e. The van der Waals surface area contributed by atoms with Crippen LogP contribution in [-0.4, -0.2) is 37.0 Å². The number of amides is 1. The molecule has 1 amide bonds. The van der Waals surface area contributed by atoms with Crippen molar-refractivity contribution in [1.82, 2.24) is 29.9 Å². The molecule has 0 aliphatic heterocycles. The number of aromatic nitrogens is 5. The van der Waals surface area contributed by atoms with E-state index in [0.29, 0.717) is 15.8 Å². The molecule has 7 nitrogen and oxygen atoms in total. The smallest absolute Gasteiger partial charge is 0.350 e. The van der Waals surface area contributed by atoms with Crippen molar-refractivity contribution in [3.63, 3.8) is 0 Å². The Morgan fingerprint density at radius 1 is 1.38 bits per heavy atom. The summed E-state index contributed by atoms with van der Waals surface area (Å²) < 4.78 is 41.4. The number of H-pyrrole nitrogens is 1. The van der Waals surface area contributed by atoms with Gasteiger partial charge in [0.1, 0.15) is 5.02 Å². The molecule has 0 fully saturated rings. The minimum atomic E-state index is -4.71. The molecule has 0 unspecified atom stereocenters. The predicted molar refractivity (Wildman–Crippen MR) is 101 cm³/mol. The molecule has 0 atom stereocenters. The van der Waals surface area contributed by atoms with Gasteiger partial charge in [0.2, 0.25) is 0 Å². The van der Waals surface area contributed by atoms with Crippen LogP contribution in [0.1, 0.15) is 21.9 Å². The second-order valence-electron chi connectivity index (χ2n) is 5.98. The van der Waals surface area contributed by atoms with E-state index in [9.17, 15) is 18.0 Å². The van der Waals surface area contributed by atoms with Gasteiger partial charge in [0.25, 0.3) is 5.91 Å². The highest BCUT2D eigenvalue weighted by atomic mass is 35.5. The van der Waals surface area contributed by atoms with Crippen molar-refractivity contribution in [3.8, 4) is 10.6 Å². The number of carbonyl (C=O) groups excluding carboxylic acids is 1. The molecular formula is C17H12ClF3N6OS. The van der Waals surface area contributed by atoms with Gasteiger partial charge in [-0.25, -0.2) is 14.5 Å². The summed E-state index contributed by atoms with van der Waals surface area (Å²) in [5.41, 5.74) is -0.716. The molecule has 2 N–H and O–H groups in total. The zero-order valence-electron chi connectivity index (χ0n) is 14.5. The Hall–Kier alpha value is -2.92. The summed E-state index contributed by atoms with van der Waals surface area (Å²) >= 11 is 7.44. The van der Waals surface area contributed by atoms with Crippen LogP contribution in [0.4, 0.5) is 13.2 Å². The third kappa shape index (κ3) is 3.83. The number of nitrogens with zero attached hydrogens (tertiary/aromatic N) is 4. The molecule has 29 heavy (non-hydrogen) atoms. The van der Waals surface area contributed by atoms with E-state index in [0.717, 1.165) is 11.8 Å². The summed E-state index contributed by atoms with van der Waals surface area (Å²) in [7, 11) is 0. The number of thiophene rings is 1. The summed E-state index contributed by atoms with van der Waals surface area (Å²) in [4.78, 5) is 23.9. The van der Waals surface area contributed by atoms with E-state index in [1.54, 1.807) is 23.7 Å². The third-order valence-electron chi connectivity index (χ3n) is 4.05. The molecule has 0 saturated heterocycles. The van der Waals surface area contributed by atoms with Gasteiger partial charge in [0.05, 0.1) is 16.9 Å². The molecule has 4 aromatic rings. The van der Waals surface area contributed by atoms with Crippen LogP contribution in [0.2, 0.25) is 5.02 Å². The van der Waals surface area contributed by atoms with Crippen LogP contribution in [0, 0.1) is 0 Å². The molecule has 0 spiro atoms. The average molecular weight is 441 g/mol. The maximum atomic E-state index is 13.6. The first-order chi connectivity index (χ1) is 13.8. The Morgan fingerprint density at radius 3 is 2.86 bits per heavy atom. The number of imidazole rings is 1. The Kier molecular flexibility index (Phi) is 5.01. The summed E-state index contributed by atoms with van der Waals surface area (Å²) in [6.45, 7) is 0.227. The molecule has 4 rings (SSSR count). The highest BCUT2D eigenvalue weighted by molar-refractivity contribution is 7.13. The number of carbonyl (C=O) groups is 1. The molecule has 0 aliphatic rings. The highest BCUT2D eigenvalue weighted by Gasteiger charge is 2.36. The molecule has 0 saturated carbocycles. The minimum absolute atomic E-state index is 0.104. The van der Waals surface area contributed by atoms with Gasteiger partial charge in [-0.3, -0.25) is 4.79 Å². The first-order valence-electron chi connectivity index (χ1n) is 8.30. The standard InChI is InChI=1S/C17H12ClF3N6OS/c18-13-14(16(28)23-4-3-9-7-22-8-24-9)26-27-12(17(19,20)21)6-10(25-15(13)27)11-2-1-5-29-11/h1-2,5-8H,3-4H2,(H,22,24)(H,23,28). The zero-order chi connectivity index (χ0) is 20.6. The fraction of sp³-hybridized carbons (Fsp3) is 0.176. The molecule has 0 aromatic carbocycles. The van der Waals surface area contributed by atoms with E-state index in [1.165, 1.54) is 17.7 Å². The first kappa shape index (κ1) is 19.4. The van der Waals surface area contributed by atoms with Crippen LogP contribution >= 0.6 is 22.9 Å². The molecule has 0 aliphatic carbocycles. The highest BCUT2D eigenvalue weighted by Crippen LogP contribution is 2.35. The van der Waals surface area contributed by atoms with E-state index in [2.05, 4.69) is 25.4 Å². The molecule has 12 heteroatoms. The minimum Gasteiger partial charge on any atom is -0.350 e. The van der Waals surface area contributed by atoms with Crippen molar-refractivity contribution >= 4 is 34.5 Å². The quantitative estimate of drug-likeness (QED) is 0.493. The van der Waals surface area contributed by atoms with Crippen LogP contribution in [0.5, 0.6) is 0 Å². The lowest BCUT2D eigenvalue weighted by Crippen LogP contribution is -2.26. The number of alkyl halides is 3. The van der Waals surface area contributed by atoms with Crippen LogP contribution in [-0.2, 0) is 12.6 Å². The fourth-order valence-electron chi connectivity index (χ4n) is 2.70.